The Hall–Kier alpha value is -2.58. The van der Waals surface area contributed by atoms with Crippen molar-refractivity contribution in [3.63, 3.8) is 0 Å². The monoisotopic (exact) mass is 459 g/mol. The summed E-state index contributed by atoms with van der Waals surface area (Å²) in [4.78, 5) is 30.3. The van der Waals surface area contributed by atoms with E-state index in [4.69, 9.17) is 4.74 Å². The number of carbonyl (C=O) groups is 2. The Morgan fingerprint density at radius 2 is 2.00 bits per heavy atom. The molecule has 1 amide bonds. The smallest absolute Gasteiger partial charge is 0.266 e. The molecule has 6 nitrogen and oxygen atoms in total. The molecule has 0 atom stereocenters. The highest BCUT2D eigenvalue weighted by atomic mass is 79.9. The molecule has 0 radical (unpaired) electrons. The van der Waals surface area contributed by atoms with Gasteiger partial charge in [-0.3, -0.25) is 9.69 Å². The van der Waals surface area contributed by atoms with Crippen LogP contribution in [-0.2, 0) is 4.79 Å². The molecule has 1 saturated heterocycles. The third-order valence-corrected chi connectivity index (χ3v) is 5.51. The minimum atomic E-state index is -1.24. The van der Waals surface area contributed by atoms with Crippen LogP contribution in [0.2, 0.25) is 0 Å². The number of thioether (sulfide) groups is 1. The number of carboxylic acids is 1. The third-order valence-electron chi connectivity index (χ3n) is 4.01. The molecule has 1 heterocycles. The Morgan fingerprint density at radius 1 is 1.29 bits per heavy atom. The number of halogens is 1. The van der Waals surface area contributed by atoms with Gasteiger partial charge < -0.3 is 14.6 Å². The van der Waals surface area contributed by atoms with E-state index in [-0.39, 0.29) is 11.5 Å². The summed E-state index contributed by atoms with van der Waals surface area (Å²) < 4.78 is 6.25. The standard InChI is InChI=1S/C20H17BrN2O4S/c1-3-23-18(24)17(11-13-10-14(21)6-9-16(13)27-2)28-20(23)22-15-7-4-12(5-8-15)19(25)26/h4-11H,3H2,1-2H3,(H,25,26)/p-1/b17-11-,22-20?. The second kappa shape index (κ2) is 8.62. The Kier molecular flexibility index (Phi) is 6.21. The number of aromatic carboxylic acids is 1. The van der Waals surface area contributed by atoms with Gasteiger partial charge in [0.25, 0.3) is 5.91 Å². The number of carbonyl (C=O) groups excluding carboxylic acids is 2. The lowest BCUT2D eigenvalue weighted by molar-refractivity contribution is -0.255. The molecular weight excluding hydrogens is 444 g/mol. The zero-order valence-corrected chi connectivity index (χ0v) is 17.5. The van der Waals surface area contributed by atoms with Crippen molar-refractivity contribution >= 4 is 56.5 Å². The molecule has 0 saturated carbocycles. The number of rotatable bonds is 5. The van der Waals surface area contributed by atoms with Crippen LogP contribution in [0.25, 0.3) is 6.08 Å². The van der Waals surface area contributed by atoms with Crippen molar-refractivity contribution in [2.45, 2.75) is 6.92 Å². The fraction of sp³-hybridized carbons (Fsp3) is 0.150. The maximum absolute atomic E-state index is 12.8. The maximum Gasteiger partial charge on any atom is 0.266 e. The van der Waals surface area contributed by atoms with Gasteiger partial charge in [-0.15, -0.1) is 0 Å². The molecule has 144 valence electrons. The maximum atomic E-state index is 12.8. The zero-order valence-electron chi connectivity index (χ0n) is 15.1. The molecule has 8 heteroatoms. The van der Waals surface area contributed by atoms with Crippen LogP contribution < -0.4 is 9.84 Å². The highest BCUT2D eigenvalue weighted by Crippen LogP contribution is 2.36. The lowest BCUT2D eigenvalue weighted by Gasteiger charge is -2.12. The second-order valence-corrected chi connectivity index (χ2v) is 7.70. The number of benzene rings is 2. The van der Waals surface area contributed by atoms with Crippen molar-refractivity contribution in [1.82, 2.24) is 4.90 Å². The van der Waals surface area contributed by atoms with Crippen molar-refractivity contribution < 1.29 is 19.4 Å². The average molecular weight is 460 g/mol. The summed E-state index contributed by atoms with van der Waals surface area (Å²) in [6.07, 6.45) is 1.78. The molecule has 28 heavy (non-hydrogen) atoms. The third kappa shape index (κ3) is 4.28. The topological polar surface area (TPSA) is 82.0 Å². The first kappa shape index (κ1) is 20.2. The molecule has 2 aromatic carbocycles. The van der Waals surface area contributed by atoms with Gasteiger partial charge in [-0.2, -0.15) is 0 Å². The van der Waals surface area contributed by atoms with Gasteiger partial charge in [0.05, 0.1) is 23.7 Å². The Bertz CT molecular complexity index is 986. The SMILES string of the molecule is CCN1C(=O)/C(=C/c2cc(Br)ccc2OC)SC1=Nc1ccc(C(=O)[O-])cc1. The van der Waals surface area contributed by atoms with Crippen molar-refractivity contribution in [3.8, 4) is 5.75 Å². The summed E-state index contributed by atoms with van der Waals surface area (Å²) >= 11 is 4.70. The van der Waals surface area contributed by atoms with Gasteiger partial charge in [0.1, 0.15) is 5.75 Å². The first-order valence-corrected chi connectivity index (χ1v) is 9.99. The zero-order chi connectivity index (χ0) is 20.3. The van der Waals surface area contributed by atoms with Crippen molar-refractivity contribution in [3.05, 3.63) is 63.0 Å². The Morgan fingerprint density at radius 3 is 2.61 bits per heavy atom. The first-order valence-electron chi connectivity index (χ1n) is 8.38. The number of ether oxygens (including phenoxy) is 1. The molecule has 0 unspecified atom stereocenters. The molecule has 2 aromatic rings. The predicted molar refractivity (Wildman–Crippen MR) is 112 cm³/mol. The first-order chi connectivity index (χ1) is 13.4. The number of amidine groups is 1. The van der Waals surface area contributed by atoms with Crippen LogP contribution in [0.4, 0.5) is 5.69 Å². The molecule has 3 rings (SSSR count). The van der Waals surface area contributed by atoms with Crippen LogP contribution in [0, 0.1) is 0 Å². The van der Waals surface area contributed by atoms with E-state index in [1.807, 2.05) is 25.1 Å². The lowest BCUT2D eigenvalue weighted by Crippen LogP contribution is -2.28. The number of likely N-dealkylation sites (N-methyl/N-ethyl adjacent to an activating group) is 1. The minimum absolute atomic E-state index is 0.0776. The minimum Gasteiger partial charge on any atom is -0.545 e. The number of amides is 1. The molecule has 0 aliphatic carbocycles. The molecule has 0 aromatic heterocycles. The van der Waals surface area contributed by atoms with E-state index in [1.54, 1.807) is 30.2 Å². The Balaban J connectivity index is 1.94. The van der Waals surface area contributed by atoms with Gasteiger partial charge >= 0.3 is 0 Å². The quantitative estimate of drug-likeness (QED) is 0.639. The van der Waals surface area contributed by atoms with E-state index >= 15 is 0 Å². The van der Waals surface area contributed by atoms with Gasteiger partial charge in [-0.25, -0.2) is 4.99 Å². The fourth-order valence-electron chi connectivity index (χ4n) is 2.61. The van der Waals surface area contributed by atoms with Gasteiger partial charge in [0, 0.05) is 16.6 Å². The van der Waals surface area contributed by atoms with Gasteiger partial charge in [0.15, 0.2) is 5.17 Å². The average Bonchev–Trinajstić information content (AvgIpc) is 2.96. The lowest BCUT2D eigenvalue weighted by atomic mass is 10.2. The molecule has 1 fully saturated rings. The number of nitrogens with zero attached hydrogens (tertiary/aromatic N) is 2. The van der Waals surface area contributed by atoms with E-state index in [2.05, 4.69) is 20.9 Å². The highest BCUT2D eigenvalue weighted by Gasteiger charge is 2.32. The van der Waals surface area contributed by atoms with Crippen LogP contribution in [0.15, 0.2) is 56.8 Å². The molecular formula is C20H16BrN2O4S-. The second-order valence-electron chi connectivity index (χ2n) is 5.78. The van der Waals surface area contributed by atoms with Crippen molar-refractivity contribution in [2.24, 2.45) is 4.99 Å². The van der Waals surface area contributed by atoms with Gasteiger partial charge in [0.2, 0.25) is 0 Å². The van der Waals surface area contributed by atoms with Crippen molar-refractivity contribution in [2.75, 3.05) is 13.7 Å². The molecule has 0 spiro atoms. The normalized spacial score (nSPS) is 16.8. The van der Waals surface area contributed by atoms with Crippen LogP contribution in [0.3, 0.4) is 0 Å². The summed E-state index contributed by atoms with van der Waals surface area (Å²) in [5.41, 5.74) is 1.41. The molecule has 1 aliphatic rings. The number of hydrogen-bond acceptors (Lipinski definition) is 6. The van der Waals surface area contributed by atoms with E-state index < -0.39 is 5.97 Å². The van der Waals surface area contributed by atoms with Crippen LogP contribution in [0.1, 0.15) is 22.8 Å². The summed E-state index contributed by atoms with van der Waals surface area (Å²) in [5, 5.41) is 11.4. The van der Waals surface area contributed by atoms with Gasteiger partial charge in [-0.05, 0) is 60.7 Å². The number of methoxy groups -OCH3 is 1. The van der Waals surface area contributed by atoms with Crippen LogP contribution in [-0.4, -0.2) is 35.6 Å². The number of hydrogen-bond donors (Lipinski definition) is 0. The van der Waals surface area contributed by atoms with E-state index in [0.717, 1.165) is 10.0 Å². The van der Waals surface area contributed by atoms with E-state index in [9.17, 15) is 14.7 Å². The predicted octanol–water partition coefficient (Wildman–Crippen LogP) is 3.45. The van der Waals surface area contributed by atoms with E-state index in [1.165, 1.54) is 23.9 Å². The fourth-order valence-corrected chi connectivity index (χ4v) is 4.04. The Labute approximate surface area is 175 Å². The van der Waals surface area contributed by atoms with Crippen LogP contribution >= 0.6 is 27.7 Å². The number of aliphatic imine (C=N–C) groups is 1. The van der Waals surface area contributed by atoms with Crippen LogP contribution in [0.5, 0.6) is 5.75 Å². The van der Waals surface area contributed by atoms with Crippen molar-refractivity contribution in [1.29, 1.82) is 0 Å². The largest absolute Gasteiger partial charge is 0.545 e. The van der Waals surface area contributed by atoms with Gasteiger partial charge in [-0.1, -0.05) is 28.1 Å². The summed E-state index contributed by atoms with van der Waals surface area (Å²) in [5.74, 6) is -0.719. The summed E-state index contributed by atoms with van der Waals surface area (Å²) in [6.45, 7) is 2.34. The molecule has 0 bridgehead atoms. The van der Waals surface area contributed by atoms with E-state index in [0.29, 0.717) is 28.1 Å². The highest BCUT2D eigenvalue weighted by molar-refractivity contribution is 9.10. The summed E-state index contributed by atoms with van der Waals surface area (Å²) in [7, 11) is 1.58. The molecule has 0 N–H and O–H groups in total. The summed E-state index contributed by atoms with van der Waals surface area (Å²) in [6, 6.07) is 11.6. The molecule has 1 aliphatic heterocycles. The number of carboxylic acid groups (broad SMARTS) is 1.